The Morgan fingerprint density at radius 1 is 1.07 bits per heavy atom. The van der Waals surface area contributed by atoms with Crippen LogP contribution in [0, 0.1) is 5.41 Å². The lowest BCUT2D eigenvalue weighted by atomic mass is 9.52. The molecule has 1 atom stereocenters. The largest absolute Gasteiger partial charge is 0.417 e. The van der Waals surface area contributed by atoms with Gasteiger partial charge in [-0.05, 0) is 69.8 Å². The van der Waals surface area contributed by atoms with Gasteiger partial charge in [-0.2, -0.15) is 13.2 Å². The summed E-state index contributed by atoms with van der Waals surface area (Å²) in [4.78, 5) is 0. The van der Waals surface area contributed by atoms with Gasteiger partial charge in [0.25, 0.3) is 0 Å². The third kappa shape index (κ3) is 3.77. The number of rotatable bonds is 6. The van der Waals surface area contributed by atoms with Crippen molar-refractivity contribution in [2.24, 2.45) is 12.5 Å². The second-order valence-corrected chi connectivity index (χ2v) is 9.47. The summed E-state index contributed by atoms with van der Waals surface area (Å²) in [5, 5.41) is 18.2. The lowest BCUT2D eigenvalue weighted by Gasteiger charge is -2.53. The SMILES string of the molecule is CC(O)CCCC12CCC(c3nnc(-c4ccccc4C(F)(F)F)n3C)(CC1)CC2. The highest BCUT2D eigenvalue weighted by Crippen LogP contribution is 2.59. The molecule has 2 aromatic rings. The molecule has 1 aromatic heterocycles. The summed E-state index contributed by atoms with van der Waals surface area (Å²) in [5.41, 5.74) is -0.309. The van der Waals surface area contributed by atoms with Gasteiger partial charge in [0.15, 0.2) is 5.82 Å². The zero-order valence-corrected chi connectivity index (χ0v) is 17.7. The van der Waals surface area contributed by atoms with Gasteiger partial charge in [0, 0.05) is 18.0 Å². The second-order valence-electron chi connectivity index (χ2n) is 9.47. The molecule has 2 bridgehead atoms. The molecule has 7 heteroatoms. The van der Waals surface area contributed by atoms with Crippen molar-refractivity contribution >= 4 is 0 Å². The van der Waals surface area contributed by atoms with Crippen molar-refractivity contribution in [2.75, 3.05) is 0 Å². The molecule has 0 radical (unpaired) electrons. The number of hydrogen-bond acceptors (Lipinski definition) is 3. The maximum Gasteiger partial charge on any atom is 0.417 e. The summed E-state index contributed by atoms with van der Waals surface area (Å²) in [6.45, 7) is 1.84. The highest BCUT2D eigenvalue weighted by atomic mass is 19.4. The molecule has 164 valence electrons. The zero-order valence-electron chi connectivity index (χ0n) is 17.7. The Kier molecular flexibility index (Phi) is 5.45. The van der Waals surface area contributed by atoms with Crippen LogP contribution in [0.25, 0.3) is 11.4 Å². The first kappa shape index (κ1) is 21.3. The van der Waals surface area contributed by atoms with E-state index in [-0.39, 0.29) is 22.9 Å². The molecule has 3 fully saturated rings. The number of benzene rings is 1. The topological polar surface area (TPSA) is 50.9 Å². The predicted molar refractivity (Wildman–Crippen MR) is 109 cm³/mol. The fraction of sp³-hybridized carbons (Fsp3) is 0.652. The van der Waals surface area contributed by atoms with Crippen molar-refractivity contribution in [3.8, 4) is 11.4 Å². The quantitative estimate of drug-likeness (QED) is 0.656. The second kappa shape index (κ2) is 7.66. The first-order chi connectivity index (χ1) is 14.2. The molecule has 0 aliphatic heterocycles. The average Bonchev–Trinajstić information content (AvgIpc) is 3.10. The van der Waals surface area contributed by atoms with E-state index in [1.54, 1.807) is 17.7 Å². The van der Waals surface area contributed by atoms with Crippen LogP contribution in [0.2, 0.25) is 0 Å². The summed E-state index contributed by atoms with van der Waals surface area (Å²) < 4.78 is 42.3. The molecular weight excluding hydrogens is 391 g/mol. The minimum Gasteiger partial charge on any atom is -0.393 e. The molecule has 3 aliphatic carbocycles. The van der Waals surface area contributed by atoms with E-state index in [0.717, 1.165) is 69.7 Å². The molecule has 0 saturated heterocycles. The monoisotopic (exact) mass is 421 g/mol. The zero-order chi connectivity index (χ0) is 21.6. The lowest BCUT2D eigenvalue weighted by Crippen LogP contribution is -2.45. The van der Waals surface area contributed by atoms with Crippen molar-refractivity contribution in [2.45, 2.75) is 82.4 Å². The van der Waals surface area contributed by atoms with Crippen LogP contribution in [0.5, 0.6) is 0 Å². The number of halogens is 3. The fourth-order valence-electron chi connectivity index (χ4n) is 5.70. The third-order valence-electron chi connectivity index (χ3n) is 7.55. The Morgan fingerprint density at radius 3 is 2.30 bits per heavy atom. The van der Waals surface area contributed by atoms with Crippen molar-refractivity contribution in [3.05, 3.63) is 35.7 Å². The van der Waals surface area contributed by atoms with Crippen LogP contribution in [0.1, 0.15) is 76.1 Å². The van der Waals surface area contributed by atoms with Crippen LogP contribution in [-0.2, 0) is 18.6 Å². The Bertz CT molecular complexity index is 879. The van der Waals surface area contributed by atoms with E-state index in [2.05, 4.69) is 10.2 Å². The number of fused-ring (bicyclic) bond motifs is 3. The number of hydrogen-bond donors (Lipinski definition) is 1. The summed E-state index contributed by atoms with van der Waals surface area (Å²) in [7, 11) is 1.80. The molecule has 1 N–H and O–H groups in total. The van der Waals surface area contributed by atoms with E-state index < -0.39 is 11.7 Å². The first-order valence-electron chi connectivity index (χ1n) is 10.9. The van der Waals surface area contributed by atoms with E-state index in [9.17, 15) is 18.3 Å². The Hall–Kier alpha value is -1.89. The summed E-state index contributed by atoms with van der Waals surface area (Å²) in [6, 6.07) is 5.59. The van der Waals surface area contributed by atoms with Crippen molar-refractivity contribution in [1.29, 1.82) is 0 Å². The van der Waals surface area contributed by atoms with Gasteiger partial charge in [-0.1, -0.05) is 24.6 Å². The Balaban J connectivity index is 1.57. The van der Waals surface area contributed by atoms with Gasteiger partial charge in [0.2, 0.25) is 0 Å². The predicted octanol–water partition coefficient (Wildman–Crippen LogP) is 5.64. The highest BCUT2D eigenvalue weighted by Gasteiger charge is 2.51. The van der Waals surface area contributed by atoms with Crippen LogP contribution in [0.3, 0.4) is 0 Å². The molecule has 1 heterocycles. The van der Waals surface area contributed by atoms with Crippen molar-refractivity contribution in [3.63, 3.8) is 0 Å². The number of nitrogens with zero attached hydrogens (tertiary/aromatic N) is 3. The van der Waals surface area contributed by atoms with Crippen LogP contribution in [0.4, 0.5) is 13.2 Å². The molecule has 30 heavy (non-hydrogen) atoms. The van der Waals surface area contributed by atoms with Gasteiger partial charge >= 0.3 is 6.18 Å². The summed E-state index contributed by atoms with van der Waals surface area (Å²) >= 11 is 0. The van der Waals surface area contributed by atoms with Gasteiger partial charge < -0.3 is 9.67 Å². The van der Waals surface area contributed by atoms with Gasteiger partial charge in [-0.15, -0.1) is 10.2 Å². The number of aliphatic hydroxyl groups is 1. The Morgan fingerprint density at radius 2 is 1.70 bits per heavy atom. The first-order valence-corrected chi connectivity index (χ1v) is 10.9. The average molecular weight is 422 g/mol. The number of aliphatic hydroxyl groups excluding tert-OH is 1. The fourth-order valence-corrected chi connectivity index (χ4v) is 5.70. The van der Waals surface area contributed by atoms with E-state index in [1.807, 2.05) is 6.92 Å². The van der Waals surface area contributed by atoms with E-state index in [0.29, 0.717) is 5.41 Å². The van der Waals surface area contributed by atoms with Crippen LogP contribution in [0.15, 0.2) is 24.3 Å². The number of aromatic nitrogens is 3. The molecule has 0 spiro atoms. The van der Waals surface area contributed by atoms with Crippen molar-refractivity contribution in [1.82, 2.24) is 14.8 Å². The molecule has 1 unspecified atom stereocenters. The molecule has 0 amide bonds. The van der Waals surface area contributed by atoms with Crippen LogP contribution < -0.4 is 0 Å². The molecule has 4 nitrogen and oxygen atoms in total. The van der Waals surface area contributed by atoms with E-state index in [4.69, 9.17) is 0 Å². The summed E-state index contributed by atoms with van der Waals surface area (Å²) in [6.07, 6.45) is 4.75. The van der Waals surface area contributed by atoms with Gasteiger partial charge in [-0.25, -0.2) is 0 Å². The number of alkyl halides is 3. The Labute approximate surface area is 175 Å². The minimum atomic E-state index is -4.43. The van der Waals surface area contributed by atoms with Gasteiger partial charge in [0.05, 0.1) is 11.7 Å². The molecule has 3 saturated carbocycles. The molecule has 3 aliphatic rings. The normalized spacial score (nSPS) is 27.4. The minimum absolute atomic E-state index is 0.0841. The van der Waals surface area contributed by atoms with Crippen LogP contribution >= 0.6 is 0 Å². The maximum absolute atomic E-state index is 13.5. The summed E-state index contributed by atoms with van der Waals surface area (Å²) in [5.74, 6) is 1.11. The van der Waals surface area contributed by atoms with E-state index in [1.165, 1.54) is 12.1 Å². The third-order valence-corrected chi connectivity index (χ3v) is 7.55. The van der Waals surface area contributed by atoms with Crippen LogP contribution in [-0.4, -0.2) is 26.0 Å². The molecule has 5 rings (SSSR count). The highest BCUT2D eigenvalue weighted by molar-refractivity contribution is 5.61. The maximum atomic E-state index is 13.5. The molecular formula is C23H30F3N3O. The van der Waals surface area contributed by atoms with Crippen molar-refractivity contribution < 1.29 is 18.3 Å². The molecule has 1 aromatic carbocycles. The van der Waals surface area contributed by atoms with E-state index >= 15 is 0 Å². The van der Waals surface area contributed by atoms with Gasteiger partial charge in [0.1, 0.15) is 5.82 Å². The smallest absolute Gasteiger partial charge is 0.393 e. The standard InChI is InChI=1S/C23H30F3N3O/c1-16(30)6-5-9-21-10-13-22(14-11-21,15-12-21)20-28-27-19(29(20)2)17-7-3-4-8-18(17)23(24,25)26/h3-4,7-8,16,30H,5-6,9-15H2,1-2H3. The van der Waals surface area contributed by atoms with Gasteiger partial charge in [-0.3, -0.25) is 0 Å². The lowest BCUT2D eigenvalue weighted by molar-refractivity contribution is -0.137.